The topological polar surface area (TPSA) is 69.7 Å². The Balaban J connectivity index is 1.67. The lowest BCUT2D eigenvalue weighted by Gasteiger charge is -2.09. The lowest BCUT2D eigenvalue weighted by atomic mass is 10.1. The molecule has 28 heavy (non-hydrogen) atoms. The van der Waals surface area contributed by atoms with E-state index in [2.05, 4.69) is 10.3 Å². The maximum Gasteiger partial charge on any atom is 0.264 e. The number of hydrogen-bond donors (Lipinski definition) is 1. The van der Waals surface area contributed by atoms with Gasteiger partial charge in [0.15, 0.2) is 11.7 Å². The van der Waals surface area contributed by atoms with E-state index in [9.17, 15) is 4.79 Å². The van der Waals surface area contributed by atoms with Gasteiger partial charge in [-0.2, -0.15) is 0 Å². The zero-order valence-corrected chi connectivity index (χ0v) is 17.1. The molecule has 0 unspecified atom stereocenters. The lowest BCUT2D eigenvalue weighted by Crippen LogP contribution is -2.20. The smallest absolute Gasteiger partial charge is 0.264 e. The molecule has 1 N–H and O–H groups in total. The van der Waals surface area contributed by atoms with Gasteiger partial charge in [0.1, 0.15) is 17.2 Å². The zero-order valence-electron chi connectivity index (χ0n) is 16.2. The normalized spacial score (nSPS) is 10.4. The second-order valence-electron chi connectivity index (χ2n) is 6.21. The van der Waals surface area contributed by atoms with E-state index in [-0.39, 0.29) is 12.5 Å². The van der Waals surface area contributed by atoms with Crippen molar-refractivity contribution in [3.05, 3.63) is 52.9 Å². The molecule has 0 saturated carbocycles. The molecule has 146 valence electrons. The summed E-state index contributed by atoms with van der Waals surface area (Å²) in [4.78, 5) is 16.7. The van der Waals surface area contributed by atoms with Crippen molar-refractivity contribution in [2.75, 3.05) is 26.1 Å². The first kappa shape index (κ1) is 19.7. The van der Waals surface area contributed by atoms with Crippen LogP contribution in [0, 0.1) is 13.8 Å². The number of thiazole rings is 1. The SMILES string of the molecule is COc1ccc(OC)c(-c2csc(NC(=O)COc3ccc(C)cc3C)n2)c1. The van der Waals surface area contributed by atoms with Gasteiger partial charge >= 0.3 is 0 Å². The van der Waals surface area contributed by atoms with Gasteiger partial charge in [-0.15, -0.1) is 11.3 Å². The van der Waals surface area contributed by atoms with Gasteiger partial charge < -0.3 is 14.2 Å². The average Bonchev–Trinajstić information content (AvgIpc) is 3.15. The molecular formula is C21H22N2O4S. The average molecular weight is 398 g/mol. The molecule has 0 radical (unpaired) electrons. The first-order valence-electron chi connectivity index (χ1n) is 8.68. The summed E-state index contributed by atoms with van der Waals surface area (Å²) in [6, 6.07) is 11.3. The fourth-order valence-corrected chi connectivity index (χ4v) is 3.46. The van der Waals surface area contributed by atoms with Gasteiger partial charge in [-0.3, -0.25) is 10.1 Å². The summed E-state index contributed by atoms with van der Waals surface area (Å²) in [6.07, 6.45) is 0. The minimum Gasteiger partial charge on any atom is -0.497 e. The summed E-state index contributed by atoms with van der Waals surface area (Å²) in [7, 11) is 3.21. The van der Waals surface area contributed by atoms with Gasteiger partial charge in [-0.1, -0.05) is 17.7 Å². The molecule has 1 aromatic heterocycles. The number of anilines is 1. The van der Waals surface area contributed by atoms with Crippen LogP contribution in [0.3, 0.4) is 0 Å². The standard InChI is InChI=1S/C21H22N2O4S/c1-13-5-7-18(14(2)9-13)27-11-20(24)23-21-22-17(12-28-21)16-10-15(25-3)6-8-19(16)26-4/h5-10,12H,11H2,1-4H3,(H,22,23,24). The van der Waals surface area contributed by atoms with Gasteiger partial charge in [0, 0.05) is 10.9 Å². The minimum absolute atomic E-state index is 0.0820. The fourth-order valence-electron chi connectivity index (χ4n) is 2.73. The van der Waals surface area contributed by atoms with Gasteiger partial charge in [0.25, 0.3) is 5.91 Å². The molecule has 0 spiro atoms. The molecular weight excluding hydrogens is 376 g/mol. The van der Waals surface area contributed by atoms with Crippen molar-refractivity contribution >= 4 is 22.4 Å². The Kier molecular flexibility index (Phi) is 6.16. The predicted octanol–water partition coefficient (Wildman–Crippen LogP) is 4.46. The third kappa shape index (κ3) is 4.61. The number of aromatic nitrogens is 1. The van der Waals surface area contributed by atoms with E-state index in [1.165, 1.54) is 11.3 Å². The molecule has 0 atom stereocenters. The maximum absolute atomic E-state index is 12.2. The number of carbonyl (C=O) groups is 1. The first-order valence-corrected chi connectivity index (χ1v) is 9.56. The van der Waals surface area contributed by atoms with E-state index in [0.29, 0.717) is 28.1 Å². The first-order chi connectivity index (χ1) is 13.5. The number of ether oxygens (including phenoxy) is 3. The molecule has 7 heteroatoms. The van der Waals surface area contributed by atoms with Crippen molar-refractivity contribution in [1.29, 1.82) is 0 Å². The number of nitrogens with one attached hydrogen (secondary N) is 1. The monoisotopic (exact) mass is 398 g/mol. The highest BCUT2D eigenvalue weighted by Gasteiger charge is 2.13. The molecule has 0 aliphatic carbocycles. The number of amides is 1. The molecule has 0 saturated heterocycles. The van der Waals surface area contributed by atoms with Gasteiger partial charge in [-0.05, 0) is 43.7 Å². The number of aryl methyl sites for hydroxylation is 2. The van der Waals surface area contributed by atoms with Crippen LogP contribution in [0.2, 0.25) is 0 Å². The molecule has 0 aliphatic heterocycles. The second kappa shape index (κ2) is 8.75. The van der Waals surface area contributed by atoms with E-state index in [1.54, 1.807) is 14.2 Å². The Hall–Kier alpha value is -3.06. The van der Waals surface area contributed by atoms with Crippen LogP contribution in [-0.4, -0.2) is 31.7 Å². The highest BCUT2D eigenvalue weighted by molar-refractivity contribution is 7.14. The third-order valence-corrected chi connectivity index (χ3v) is 4.88. The van der Waals surface area contributed by atoms with E-state index in [4.69, 9.17) is 14.2 Å². The second-order valence-corrected chi connectivity index (χ2v) is 7.07. The Morgan fingerprint density at radius 1 is 1.07 bits per heavy atom. The summed E-state index contributed by atoms with van der Waals surface area (Å²) in [6.45, 7) is 3.89. The van der Waals surface area contributed by atoms with Crippen molar-refractivity contribution in [3.63, 3.8) is 0 Å². The van der Waals surface area contributed by atoms with Crippen molar-refractivity contribution in [3.8, 4) is 28.5 Å². The maximum atomic E-state index is 12.2. The van der Waals surface area contributed by atoms with E-state index in [1.807, 2.05) is 55.6 Å². The fraction of sp³-hybridized carbons (Fsp3) is 0.238. The summed E-state index contributed by atoms with van der Waals surface area (Å²) in [5.74, 6) is 1.82. The highest BCUT2D eigenvalue weighted by atomic mass is 32.1. The number of carbonyl (C=O) groups excluding carboxylic acids is 1. The van der Waals surface area contributed by atoms with Crippen LogP contribution in [0.15, 0.2) is 41.8 Å². The number of nitrogens with zero attached hydrogens (tertiary/aromatic N) is 1. The van der Waals surface area contributed by atoms with Crippen LogP contribution in [0.5, 0.6) is 17.2 Å². The van der Waals surface area contributed by atoms with Crippen LogP contribution in [0.1, 0.15) is 11.1 Å². The van der Waals surface area contributed by atoms with Crippen molar-refractivity contribution in [2.24, 2.45) is 0 Å². The molecule has 2 aromatic carbocycles. The van der Waals surface area contributed by atoms with E-state index >= 15 is 0 Å². The van der Waals surface area contributed by atoms with Crippen molar-refractivity contribution in [1.82, 2.24) is 4.98 Å². The van der Waals surface area contributed by atoms with Crippen LogP contribution in [0.4, 0.5) is 5.13 Å². The Labute approximate surface area is 168 Å². The quantitative estimate of drug-likeness (QED) is 0.636. The largest absolute Gasteiger partial charge is 0.497 e. The van der Waals surface area contributed by atoms with Gasteiger partial charge in [-0.25, -0.2) is 4.98 Å². The van der Waals surface area contributed by atoms with E-state index < -0.39 is 0 Å². The summed E-state index contributed by atoms with van der Waals surface area (Å²) in [5, 5.41) is 5.12. The van der Waals surface area contributed by atoms with E-state index in [0.717, 1.165) is 16.7 Å². The third-order valence-electron chi connectivity index (χ3n) is 4.12. The van der Waals surface area contributed by atoms with Crippen molar-refractivity contribution < 1.29 is 19.0 Å². The Morgan fingerprint density at radius 3 is 2.57 bits per heavy atom. The summed E-state index contributed by atoms with van der Waals surface area (Å²) < 4.78 is 16.3. The Morgan fingerprint density at radius 2 is 1.86 bits per heavy atom. The van der Waals surface area contributed by atoms with Crippen LogP contribution >= 0.6 is 11.3 Å². The van der Waals surface area contributed by atoms with Crippen LogP contribution < -0.4 is 19.5 Å². The van der Waals surface area contributed by atoms with Crippen LogP contribution in [0.25, 0.3) is 11.3 Å². The van der Waals surface area contributed by atoms with Crippen LogP contribution in [-0.2, 0) is 4.79 Å². The molecule has 0 bridgehead atoms. The van der Waals surface area contributed by atoms with Crippen molar-refractivity contribution in [2.45, 2.75) is 13.8 Å². The predicted molar refractivity (Wildman–Crippen MR) is 111 cm³/mol. The lowest BCUT2D eigenvalue weighted by molar-refractivity contribution is -0.118. The number of benzene rings is 2. The number of methoxy groups -OCH3 is 2. The van der Waals surface area contributed by atoms with Gasteiger partial charge in [0.2, 0.25) is 0 Å². The Bertz CT molecular complexity index is 984. The molecule has 0 aliphatic rings. The molecule has 1 heterocycles. The molecule has 3 aromatic rings. The molecule has 1 amide bonds. The zero-order chi connectivity index (χ0) is 20.1. The highest BCUT2D eigenvalue weighted by Crippen LogP contribution is 2.35. The molecule has 6 nitrogen and oxygen atoms in total. The minimum atomic E-state index is -0.265. The van der Waals surface area contributed by atoms with Gasteiger partial charge in [0.05, 0.1) is 19.9 Å². The number of hydrogen-bond acceptors (Lipinski definition) is 6. The summed E-state index contributed by atoms with van der Waals surface area (Å²) >= 11 is 1.34. The molecule has 3 rings (SSSR count). The number of rotatable bonds is 7. The molecule has 0 fully saturated rings. The summed E-state index contributed by atoms with van der Waals surface area (Å²) in [5.41, 5.74) is 3.64.